The molecular weight excluding hydrogens is 578 g/mol. The van der Waals surface area contributed by atoms with Gasteiger partial charge in [0.1, 0.15) is 6.61 Å². The fourth-order valence-electron chi connectivity index (χ4n) is 6.61. The number of nitro benzene ring substituents is 1. The van der Waals surface area contributed by atoms with Gasteiger partial charge >= 0.3 is 5.97 Å². The highest BCUT2D eigenvalue weighted by molar-refractivity contribution is 6.33. The fourth-order valence-corrected chi connectivity index (χ4v) is 6.83. The van der Waals surface area contributed by atoms with Crippen LogP contribution in [0, 0.1) is 27.9 Å². The van der Waals surface area contributed by atoms with Gasteiger partial charge in [-0.05, 0) is 79.6 Å². The van der Waals surface area contributed by atoms with Crippen molar-refractivity contribution < 1.29 is 19.2 Å². The SMILES string of the molecule is C=CCC(C(=O)OCc1ccc([N+](=O)[O-])cc1)C1CCN(CC2CN(C(=O)c3ccccc3Cl)CC2c2ccccc2)CC1. The van der Waals surface area contributed by atoms with E-state index in [9.17, 15) is 19.7 Å². The highest BCUT2D eigenvalue weighted by Crippen LogP contribution is 2.36. The van der Waals surface area contributed by atoms with Gasteiger partial charge in [0.15, 0.2) is 0 Å². The number of carbonyl (C=O) groups excluding carboxylic acids is 2. The molecule has 3 atom stereocenters. The van der Waals surface area contributed by atoms with Crippen molar-refractivity contribution in [3.63, 3.8) is 0 Å². The van der Waals surface area contributed by atoms with E-state index < -0.39 is 4.92 Å². The van der Waals surface area contributed by atoms with Gasteiger partial charge in [-0.25, -0.2) is 0 Å². The molecule has 44 heavy (non-hydrogen) atoms. The van der Waals surface area contributed by atoms with Crippen molar-refractivity contribution in [3.8, 4) is 0 Å². The highest BCUT2D eigenvalue weighted by Gasteiger charge is 2.39. The zero-order chi connectivity index (χ0) is 31.1. The molecule has 3 aromatic carbocycles. The number of carbonyl (C=O) groups is 2. The predicted octanol–water partition coefficient (Wildman–Crippen LogP) is 6.75. The molecular formula is C35H38ClN3O5. The van der Waals surface area contributed by atoms with E-state index in [1.54, 1.807) is 30.3 Å². The number of amides is 1. The van der Waals surface area contributed by atoms with Gasteiger partial charge in [-0.2, -0.15) is 0 Å². The van der Waals surface area contributed by atoms with Crippen molar-refractivity contribution in [2.24, 2.45) is 17.8 Å². The third-order valence-electron chi connectivity index (χ3n) is 9.01. The van der Waals surface area contributed by atoms with Crippen LogP contribution in [-0.2, 0) is 16.1 Å². The summed E-state index contributed by atoms with van der Waals surface area (Å²) in [7, 11) is 0. The number of non-ortho nitro benzene ring substituents is 1. The maximum absolute atomic E-state index is 13.5. The standard InChI is InChI=1S/C35H38ClN3O5/c1-2-8-30(35(41)44-24-25-13-15-29(16-14-25)39(42)43)27-17-19-37(20-18-27)21-28-22-38(23-32(28)26-9-4-3-5-10-26)34(40)31-11-6-7-12-33(31)36/h2-7,9-16,27-28,30,32H,1,8,17-24H2. The zero-order valence-corrected chi connectivity index (χ0v) is 25.5. The molecule has 0 aliphatic carbocycles. The lowest BCUT2D eigenvalue weighted by molar-refractivity contribution is -0.384. The second kappa shape index (κ2) is 14.6. The van der Waals surface area contributed by atoms with Gasteiger partial charge in [-0.15, -0.1) is 6.58 Å². The highest BCUT2D eigenvalue weighted by atomic mass is 35.5. The van der Waals surface area contributed by atoms with Crippen molar-refractivity contribution in [3.05, 3.63) is 123 Å². The minimum Gasteiger partial charge on any atom is -0.461 e. The van der Waals surface area contributed by atoms with Gasteiger partial charge in [0, 0.05) is 37.7 Å². The van der Waals surface area contributed by atoms with Crippen LogP contribution < -0.4 is 0 Å². The van der Waals surface area contributed by atoms with E-state index in [4.69, 9.17) is 16.3 Å². The summed E-state index contributed by atoms with van der Waals surface area (Å²) in [5.74, 6) is 0.118. The average Bonchev–Trinajstić information content (AvgIpc) is 3.47. The third kappa shape index (κ3) is 7.55. The summed E-state index contributed by atoms with van der Waals surface area (Å²) >= 11 is 6.38. The Balaban J connectivity index is 1.19. The second-order valence-corrected chi connectivity index (χ2v) is 12.2. The molecule has 2 fully saturated rings. The Kier molecular flexibility index (Phi) is 10.5. The number of ether oxygens (including phenoxy) is 1. The van der Waals surface area contributed by atoms with Crippen molar-refractivity contribution in [2.45, 2.75) is 31.8 Å². The van der Waals surface area contributed by atoms with Crippen LogP contribution in [0.15, 0.2) is 91.5 Å². The normalized spacial score (nSPS) is 19.8. The summed E-state index contributed by atoms with van der Waals surface area (Å²) in [6, 6.07) is 23.7. The fraction of sp³-hybridized carbons (Fsp3) is 0.371. The first-order valence-electron chi connectivity index (χ1n) is 15.2. The average molecular weight is 616 g/mol. The number of nitrogens with zero attached hydrogens (tertiary/aromatic N) is 3. The van der Waals surface area contributed by atoms with Gasteiger partial charge in [0.25, 0.3) is 11.6 Å². The van der Waals surface area contributed by atoms with Crippen molar-refractivity contribution in [1.29, 1.82) is 0 Å². The molecule has 2 aliphatic heterocycles. The first kappa shape index (κ1) is 31.4. The van der Waals surface area contributed by atoms with E-state index >= 15 is 0 Å². The molecule has 9 heteroatoms. The van der Waals surface area contributed by atoms with E-state index in [0.29, 0.717) is 35.7 Å². The second-order valence-electron chi connectivity index (χ2n) is 11.8. The number of hydrogen-bond donors (Lipinski definition) is 0. The van der Waals surface area contributed by atoms with Gasteiger partial charge < -0.3 is 14.5 Å². The smallest absolute Gasteiger partial charge is 0.309 e. The molecule has 0 radical (unpaired) electrons. The van der Waals surface area contributed by atoms with Gasteiger partial charge in [-0.3, -0.25) is 19.7 Å². The van der Waals surface area contributed by atoms with Crippen LogP contribution in [0.1, 0.15) is 46.7 Å². The molecule has 0 bridgehead atoms. The number of piperidine rings is 1. The minimum absolute atomic E-state index is 0.00367. The number of halogens is 1. The van der Waals surface area contributed by atoms with Crippen LogP contribution in [0.3, 0.4) is 0 Å². The van der Waals surface area contributed by atoms with Crippen LogP contribution in [0.5, 0.6) is 0 Å². The predicted molar refractivity (Wildman–Crippen MR) is 170 cm³/mol. The molecule has 0 spiro atoms. The van der Waals surface area contributed by atoms with Crippen LogP contribution in [0.4, 0.5) is 5.69 Å². The van der Waals surface area contributed by atoms with Crippen molar-refractivity contribution in [1.82, 2.24) is 9.80 Å². The summed E-state index contributed by atoms with van der Waals surface area (Å²) in [4.78, 5) is 41.5. The van der Waals surface area contributed by atoms with Crippen molar-refractivity contribution >= 4 is 29.2 Å². The summed E-state index contributed by atoms with van der Waals surface area (Å²) in [5, 5.41) is 11.4. The maximum atomic E-state index is 13.5. The number of rotatable bonds is 11. The summed E-state index contributed by atoms with van der Waals surface area (Å²) < 4.78 is 5.66. The van der Waals surface area contributed by atoms with E-state index in [1.165, 1.54) is 17.7 Å². The lowest BCUT2D eigenvalue weighted by Crippen LogP contribution is -2.41. The molecule has 8 nitrogen and oxygen atoms in total. The Bertz CT molecular complexity index is 1460. The number of hydrogen-bond acceptors (Lipinski definition) is 6. The molecule has 0 aromatic heterocycles. The van der Waals surface area contributed by atoms with Crippen LogP contribution >= 0.6 is 11.6 Å². The molecule has 3 aromatic rings. The molecule has 5 rings (SSSR count). The monoisotopic (exact) mass is 615 g/mol. The summed E-state index contributed by atoms with van der Waals surface area (Å²) in [6.45, 7) is 7.86. The van der Waals surface area contributed by atoms with E-state index in [2.05, 4.69) is 35.7 Å². The minimum atomic E-state index is -0.451. The van der Waals surface area contributed by atoms with E-state index in [-0.39, 0.29) is 47.8 Å². The molecule has 2 saturated heterocycles. The van der Waals surface area contributed by atoms with Gasteiger partial charge in [-0.1, -0.05) is 60.1 Å². The molecule has 3 unspecified atom stereocenters. The van der Waals surface area contributed by atoms with E-state index in [0.717, 1.165) is 32.5 Å². The molecule has 0 saturated carbocycles. The number of allylic oxidation sites excluding steroid dienone is 1. The first-order valence-corrected chi connectivity index (χ1v) is 15.5. The molecule has 2 aliphatic rings. The van der Waals surface area contributed by atoms with Gasteiger partial charge in [0.2, 0.25) is 0 Å². The lowest BCUT2D eigenvalue weighted by Gasteiger charge is -2.37. The zero-order valence-electron chi connectivity index (χ0n) is 24.7. The van der Waals surface area contributed by atoms with Crippen LogP contribution in [0.25, 0.3) is 0 Å². The molecule has 230 valence electrons. The Morgan fingerprint density at radius 1 is 1.00 bits per heavy atom. The third-order valence-corrected chi connectivity index (χ3v) is 9.34. The quantitative estimate of drug-likeness (QED) is 0.102. The largest absolute Gasteiger partial charge is 0.461 e. The molecule has 1 amide bonds. The number of nitro groups is 1. The number of benzene rings is 3. The van der Waals surface area contributed by atoms with Crippen molar-refractivity contribution in [2.75, 3.05) is 32.7 Å². The number of esters is 1. The lowest BCUT2D eigenvalue weighted by atomic mass is 9.81. The topological polar surface area (TPSA) is 93.0 Å². The Morgan fingerprint density at radius 3 is 2.34 bits per heavy atom. The van der Waals surface area contributed by atoms with Crippen LogP contribution in [-0.4, -0.2) is 59.3 Å². The first-order chi connectivity index (χ1) is 21.3. The molecule has 0 N–H and O–H groups in total. The summed E-state index contributed by atoms with van der Waals surface area (Å²) in [5.41, 5.74) is 2.49. The summed E-state index contributed by atoms with van der Waals surface area (Å²) in [6.07, 6.45) is 4.06. The Morgan fingerprint density at radius 2 is 1.68 bits per heavy atom. The Labute approximate surface area is 263 Å². The molecule has 2 heterocycles. The van der Waals surface area contributed by atoms with E-state index in [1.807, 2.05) is 23.1 Å². The number of likely N-dealkylation sites (tertiary alicyclic amines) is 2. The van der Waals surface area contributed by atoms with Crippen LogP contribution in [0.2, 0.25) is 5.02 Å². The van der Waals surface area contributed by atoms with Gasteiger partial charge in [0.05, 0.1) is 21.4 Å². The Hall–Kier alpha value is -4.01. The maximum Gasteiger partial charge on any atom is 0.309 e.